The molecule has 108 valence electrons. The van der Waals surface area contributed by atoms with Crippen molar-refractivity contribution in [3.8, 4) is 0 Å². The van der Waals surface area contributed by atoms with Crippen LogP contribution in [0, 0.1) is 5.92 Å². The lowest BCUT2D eigenvalue weighted by Gasteiger charge is -2.31. The number of amides is 1. The molecule has 2 aliphatic rings. The minimum Gasteiger partial charge on any atom is -0.335 e. The maximum atomic E-state index is 12.7. The molecular formula is C16H21BrN2O. The molecule has 1 N–H and O–H groups in total. The second kappa shape index (κ2) is 6.27. The number of benzene rings is 1. The van der Waals surface area contributed by atoms with E-state index in [4.69, 9.17) is 0 Å². The van der Waals surface area contributed by atoms with Gasteiger partial charge in [-0.05, 0) is 49.9 Å². The van der Waals surface area contributed by atoms with E-state index in [1.165, 1.54) is 5.56 Å². The highest BCUT2D eigenvalue weighted by Gasteiger charge is 2.34. The summed E-state index contributed by atoms with van der Waals surface area (Å²) in [5.41, 5.74) is 1.26. The predicted octanol–water partition coefficient (Wildman–Crippen LogP) is 3.11. The Balaban J connectivity index is 1.76. The molecule has 2 unspecified atom stereocenters. The quantitative estimate of drug-likeness (QED) is 0.899. The van der Waals surface area contributed by atoms with E-state index in [0.29, 0.717) is 5.91 Å². The predicted molar refractivity (Wildman–Crippen MR) is 83.4 cm³/mol. The van der Waals surface area contributed by atoms with Gasteiger partial charge in [0.25, 0.3) is 0 Å². The van der Waals surface area contributed by atoms with Gasteiger partial charge in [-0.25, -0.2) is 0 Å². The Labute approximate surface area is 128 Å². The first-order valence-corrected chi connectivity index (χ1v) is 8.31. The van der Waals surface area contributed by atoms with Crippen LogP contribution in [-0.2, 0) is 4.79 Å². The Morgan fingerprint density at radius 2 is 2.20 bits per heavy atom. The van der Waals surface area contributed by atoms with E-state index in [-0.39, 0.29) is 12.0 Å². The number of piperidine rings is 1. The Morgan fingerprint density at radius 1 is 1.30 bits per heavy atom. The number of carbonyl (C=O) groups excluding carboxylic acids is 1. The van der Waals surface area contributed by atoms with E-state index in [1.54, 1.807) is 0 Å². The Hall–Kier alpha value is -0.870. The zero-order valence-electron chi connectivity index (χ0n) is 11.6. The number of halogens is 1. The highest BCUT2D eigenvalue weighted by Crippen LogP contribution is 2.34. The van der Waals surface area contributed by atoms with Gasteiger partial charge in [0, 0.05) is 17.6 Å². The van der Waals surface area contributed by atoms with Crippen LogP contribution in [0.4, 0.5) is 0 Å². The maximum absolute atomic E-state index is 12.7. The van der Waals surface area contributed by atoms with Gasteiger partial charge in [-0.15, -0.1) is 0 Å². The molecule has 20 heavy (non-hydrogen) atoms. The van der Waals surface area contributed by atoms with E-state index < -0.39 is 0 Å². The standard InChI is InChI=1S/C16H21BrN2O/c17-14-6-1-4-12(10-14)15-7-3-9-19(15)16(20)13-5-2-8-18-11-13/h1,4,6,10,13,15,18H,2-3,5,7-9,11H2. The highest BCUT2D eigenvalue weighted by atomic mass is 79.9. The minimum absolute atomic E-state index is 0.177. The molecule has 0 aromatic heterocycles. The van der Waals surface area contributed by atoms with Crippen LogP contribution < -0.4 is 5.32 Å². The van der Waals surface area contributed by atoms with Crippen molar-refractivity contribution >= 4 is 21.8 Å². The van der Waals surface area contributed by atoms with Gasteiger partial charge in [0.05, 0.1) is 12.0 Å². The normalized spacial score (nSPS) is 26.8. The van der Waals surface area contributed by atoms with Crippen molar-refractivity contribution in [2.45, 2.75) is 31.7 Å². The van der Waals surface area contributed by atoms with Crippen LogP contribution in [0.1, 0.15) is 37.3 Å². The fourth-order valence-electron chi connectivity index (χ4n) is 3.39. The van der Waals surface area contributed by atoms with E-state index in [9.17, 15) is 4.79 Å². The minimum atomic E-state index is 0.177. The van der Waals surface area contributed by atoms with E-state index >= 15 is 0 Å². The second-order valence-corrected chi connectivity index (χ2v) is 6.70. The molecule has 1 amide bonds. The maximum Gasteiger partial charge on any atom is 0.227 e. The van der Waals surface area contributed by atoms with Gasteiger partial charge in [-0.1, -0.05) is 28.1 Å². The summed E-state index contributed by atoms with van der Waals surface area (Å²) >= 11 is 3.53. The molecule has 2 heterocycles. The Morgan fingerprint density at radius 3 is 2.95 bits per heavy atom. The molecule has 3 nitrogen and oxygen atoms in total. The summed E-state index contributed by atoms with van der Waals surface area (Å²) in [4.78, 5) is 14.9. The van der Waals surface area contributed by atoms with Crippen LogP contribution in [0.2, 0.25) is 0 Å². The molecule has 0 saturated carbocycles. The molecule has 0 bridgehead atoms. The van der Waals surface area contributed by atoms with Crippen LogP contribution in [-0.4, -0.2) is 30.4 Å². The fraction of sp³-hybridized carbons (Fsp3) is 0.562. The first-order chi connectivity index (χ1) is 9.75. The Kier molecular flexibility index (Phi) is 4.41. The van der Waals surface area contributed by atoms with Crippen LogP contribution in [0.5, 0.6) is 0 Å². The summed E-state index contributed by atoms with van der Waals surface area (Å²) in [5.74, 6) is 0.524. The SMILES string of the molecule is O=C(C1CCCNC1)N1CCCC1c1cccc(Br)c1. The molecule has 1 aromatic rings. The van der Waals surface area contributed by atoms with Crippen molar-refractivity contribution in [2.24, 2.45) is 5.92 Å². The lowest BCUT2D eigenvalue weighted by molar-refractivity contribution is -0.137. The van der Waals surface area contributed by atoms with Crippen molar-refractivity contribution in [2.75, 3.05) is 19.6 Å². The van der Waals surface area contributed by atoms with Crippen LogP contribution in [0.25, 0.3) is 0 Å². The Bertz CT molecular complexity index is 485. The summed E-state index contributed by atoms with van der Waals surface area (Å²) in [6, 6.07) is 8.65. The summed E-state index contributed by atoms with van der Waals surface area (Å²) < 4.78 is 1.09. The number of nitrogens with zero attached hydrogens (tertiary/aromatic N) is 1. The number of hydrogen-bond donors (Lipinski definition) is 1. The average Bonchev–Trinajstić information content (AvgIpc) is 2.97. The zero-order valence-corrected chi connectivity index (χ0v) is 13.2. The van der Waals surface area contributed by atoms with Gasteiger partial charge in [0.1, 0.15) is 0 Å². The van der Waals surface area contributed by atoms with E-state index in [1.807, 2.05) is 6.07 Å². The molecule has 2 aliphatic heterocycles. The summed E-state index contributed by atoms with van der Waals surface area (Å²) in [6.07, 6.45) is 4.35. The van der Waals surface area contributed by atoms with Gasteiger partial charge in [-0.2, -0.15) is 0 Å². The molecule has 4 heteroatoms. The molecular weight excluding hydrogens is 316 g/mol. The first-order valence-electron chi connectivity index (χ1n) is 7.52. The third-order valence-corrected chi connectivity index (χ3v) is 4.91. The molecule has 2 atom stereocenters. The van der Waals surface area contributed by atoms with Crippen LogP contribution in [0.3, 0.4) is 0 Å². The number of rotatable bonds is 2. The molecule has 0 aliphatic carbocycles. The second-order valence-electron chi connectivity index (χ2n) is 5.79. The van der Waals surface area contributed by atoms with E-state index in [2.05, 4.69) is 44.3 Å². The van der Waals surface area contributed by atoms with Crippen molar-refractivity contribution in [1.82, 2.24) is 10.2 Å². The van der Waals surface area contributed by atoms with E-state index in [0.717, 1.165) is 49.8 Å². The molecule has 0 radical (unpaired) electrons. The van der Waals surface area contributed by atoms with Crippen molar-refractivity contribution in [1.29, 1.82) is 0 Å². The summed E-state index contributed by atoms with van der Waals surface area (Å²) in [5, 5.41) is 3.35. The number of likely N-dealkylation sites (tertiary alicyclic amines) is 1. The van der Waals surface area contributed by atoms with Crippen molar-refractivity contribution < 1.29 is 4.79 Å². The topological polar surface area (TPSA) is 32.3 Å². The number of nitrogens with one attached hydrogen (secondary N) is 1. The first kappa shape index (κ1) is 14.1. The number of carbonyl (C=O) groups is 1. The van der Waals surface area contributed by atoms with Gasteiger partial charge in [0.15, 0.2) is 0 Å². The molecule has 0 spiro atoms. The monoisotopic (exact) mass is 336 g/mol. The molecule has 1 aromatic carbocycles. The lowest BCUT2D eigenvalue weighted by atomic mass is 9.96. The third-order valence-electron chi connectivity index (χ3n) is 4.42. The van der Waals surface area contributed by atoms with Gasteiger partial charge in [-0.3, -0.25) is 4.79 Å². The van der Waals surface area contributed by atoms with Gasteiger partial charge in [0.2, 0.25) is 5.91 Å². The lowest BCUT2D eigenvalue weighted by Crippen LogP contribution is -2.42. The average molecular weight is 337 g/mol. The molecule has 2 fully saturated rings. The summed E-state index contributed by atoms with van der Waals surface area (Å²) in [6.45, 7) is 2.81. The number of hydrogen-bond acceptors (Lipinski definition) is 2. The van der Waals surface area contributed by atoms with Crippen molar-refractivity contribution in [3.05, 3.63) is 34.3 Å². The summed E-state index contributed by atoms with van der Waals surface area (Å²) in [7, 11) is 0. The van der Waals surface area contributed by atoms with Gasteiger partial charge < -0.3 is 10.2 Å². The highest BCUT2D eigenvalue weighted by molar-refractivity contribution is 9.10. The zero-order chi connectivity index (χ0) is 13.9. The van der Waals surface area contributed by atoms with Crippen molar-refractivity contribution in [3.63, 3.8) is 0 Å². The smallest absolute Gasteiger partial charge is 0.227 e. The van der Waals surface area contributed by atoms with Crippen LogP contribution >= 0.6 is 15.9 Å². The molecule has 2 saturated heterocycles. The van der Waals surface area contributed by atoms with Crippen LogP contribution in [0.15, 0.2) is 28.7 Å². The largest absolute Gasteiger partial charge is 0.335 e. The third kappa shape index (κ3) is 2.91. The molecule has 3 rings (SSSR count). The van der Waals surface area contributed by atoms with Gasteiger partial charge >= 0.3 is 0 Å². The fourth-order valence-corrected chi connectivity index (χ4v) is 3.80.